The van der Waals surface area contributed by atoms with Gasteiger partial charge in [0.25, 0.3) is 5.91 Å². The van der Waals surface area contributed by atoms with Crippen LogP contribution in [-0.4, -0.2) is 33.1 Å². The Hall–Kier alpha value is -2.82. The minimum Gasteiger partial charge on any atom is -0.358 e. The second-order valence-corrected chi connectivity index (χ2v) is 5.96. The van der Waals surface area contributed by atoms with Crippen LogP contribution in [0.2, 0.25) is 0 Å². The molecule has 116 valence electrons. The molecule has 1 aliphatic heterocycles. The topological polar surface area (TPSA) is 69.0 Å². The number of carbonyl (C=O) groups is 2. The second kappa shape index (κ2) is 5.12. The zero-order valence-electron chi connectivity index (χ0n) is 12.8. The van der Waals surface area contributed by atoms with Gasteiger partial charge in [-0.15, -0.1) is 0 Å². The number of ketones is 1. The van der Waals surface area contributed by atoms with Crippen molar-refractivity contribution in [2.75, 3.05) is 6.54 Å². The van der Waals surface area contributed by atoms with Crippen molar-refractivity contribution in [2.24, 2.45) is 0 Å². The summed E-state index contributed by atoms with van der Waals surface area (Å²) in [5.41, 5.74) is 4.53. The summed E-state index contributed by atoms with van der Waals surface area (Å²) < 4.78 is 0. The smallest absolute Gasteiger partial charge is 0.270 e. The molecule has 23 heavy (non-hydrogen) atoms. The van der Waals surface area contributed by atoms with Gasteiger partial charge >= 0.3 is 0 Å². The Morgan fingerprint density at radius 1 is 1.22 bits per heavy atom. The number of hydrogen-bond donors (Lipinski definition) is 2. The highest BCUT2D eigenvalue weighted by Crippen LogP contribution is 2.28. The number of aromatic amines is 2. The van der Waals surface area contributed by atoms with E-state index in [0.29, 0.717) is 24.3 Å². The Labute approximate surface area is 133 Å². The molecule has 5 nitrogen and oxygen atoms in total. The molecule has 1 aliphatic rings. The van der Waals surface area contributed by atoms with E-state index in [1.165, 1.54) is 23.6 Å². The largest absolute Gasteiger partial charge is 0.358 e. The first-order valence-corrected chi connectivity index (χ1v) is 7.70. The maximum Gasteiger partial charge on any atom is 0.270 e. The molecule has 3 aromatic rings. The van der Waals surface area contributed by atoms with Crippen LogP contribution in [0.15, 0.2) is 36.5 Å². The molecule has 0 spiro atoms. The maximum absolute atomic E-state index is 12.7. The Bertz CT molecular complexity index is 919. The predicted molar refractivity (Wildman–Crippen MR) is 87.5 cm³/mol. The third-order valence-electron chi connectivity index (χ3n) is 4.49. The minimum absolute atomic E-state index is 0.0436. The highest BCUT2D eigenvalue weighted by atomic mass is 16.2. The van der Waals surface area contributed by atoms with Gasteiger partial charge in [0.05, 0.1) is 0 Å². The quantitative estimate of drug-likeness (QED) is 0.715. The van der Waals surface area contributed by atoms with Crippen LogP contribution < -0.4 is 0 Å². The molecule has 0 saturated carbocycles. The number of carbonyl (C=O) groups excluding carboxylic acids is 2. The van der Waals surface area contributed by atoms with Crippen molar-refractivity contribution in [3.8, 4) is 0 Å². The zero-order valence-corrected chi connectivity index (χ0v) is 12.8. The lowest BCUT2D eigenvalue weighted by molar-refractivity contribution is 0.0730. The number of H-pyrrole nitrogens is 2. The van der Waals surface area contributed by atoms with Crippen molar-refractivity contribution in [3.63, 3.8) is 0 Å². The van der Waals surface area contributed by atoms with Crippen LogP contribution in [0.25, 0.3) is 10.9 Å². The summed E-state index contributed by atoms with van der Waals surface area (Å²) >= 11 is 0. The van der Waals surface area contributed by atoms with Crippen molar-refractivity contribution >= 4 is 22.6 Å². The van der Waals surface area contributed by atoms with Crippen molar-refractivity contribution in [3.05, 3.63) is 59.0 Å². The number of fused-ring (bicyclic) bond motifs is 3. The summed E-state index contributed by atoms with van der Waals surface area (Å²) in [5, 5.41) is 1.18. The van der Waals surface area contributed by atoms with Crippen molar-refractivity contribution in [1.29, 1.82) is 0 Å². The highest BCUT2D eigenvalue weighted by molar-refractivity contribution is 5.99. The molecule has 2 N–H and O–H groups in total. The first kappa shape index (κ1) is 13.8. The molecule has 4 rings (SSSR count). The van der Waals surface area contributed by atoms with Gasteiger partial charge in [0.1, 0.15) is 5.69 Å². The monoisotopic (exact) mass is 307 g/mol. The second-order valence-electron chi connectivity index (χ2n) is 5.96. The van der Waals surface area contributed by atoms with Gasteiger partial charge in [0.15, 0.2) is 5.78 Å². The van der Waals surface area contributed by atoms with E-state index in [4.69, 9.17) is 0 Å². The van der Waals surface area contributed by atoms with Crippen LogP contribution in [-0.2, 0) is 13.0 Å². The lowest BCUT2D eigenvalue weighted by Gasteiger charge is -2.26. The molecule has 1 aromatic carbocycles. The number of amides is 1. The Kier molecular flexibility index (Phi) is 3.08. The van der Waals surface area contributed by atoms with Crippen molar-refractivity contribution < 1.29 is 9.59 Å². The molecule has 0 fully saturated rings. The van der Waals surface area contributed by atoms with E-state index in [0.717, 1.165) is 11.9 Å². The summed E-state index contributed by atoms with van der Waals surface area (Å²) in [6.07, 6.45) is 2.41. The molecule has 0 aliphatic carbocycles. The summed E-state index contributed by atoms with van der Waals surface area (Å²) in [4.78, 5) is 32.3. The van der Waals surface area contributed by atoms with E-state index < -0.39 is 0 Å². The zero-order chi connectivity index (χ0) is 16.0. The van der Waals surface area contributed by atoms with Crippen molar-refractivity contribution in [2.45, 2.75) is 19.9 Å². The predicted octanol–water partition coefficient (Wildman–Crippen LogP) is 2.90. The van der Waals surface area contributed by atoms with Crippen LogP contribution in [0, 0.1) is 0 Å². The van der Waals surface area contributed by atoms with Crippen LogP contribution in [0.5, 0.6) is 0 Å². The molecule has 0 unspecified atom stereocenters. The number of nitrogens with one attached hydrogen (secondary N) is 2. The van der Waals surface area contributed by atoms with E-state index in [9.17, 15) is 9.59 Å². The first-order valence-electron chi connectivity index (χ1n) is 7.70. The van der Waals surface area contributed by atoms with Gasteiger partial charge < -0.3 is 14.9 Å². The highest BCUT2D eigenvalue weighted by Gasteiger charge is 2.25. The number of hydrogen-bond acceptors (Lipinski definition) is 2. The number of nitrogens with zero attached hydrogens (tertiary/aromatic N) is 1. The van der Waals surface area contributed by atoms with Gasteiger partial charge in [-0.3, -0.25) is 9.59 Å². The van der Waals surface area contributed by atoms with Crippen LogP contribution in [0.1, 0.15) is 39.0 Å². The molecule has 2 aromatic heterocycles. The fourth-order valence-electron chi connectivity index (χ4n) is 3.23. The standard InChI is InChI=1S/C18H17N3O2/c1-11(22)12-8-17(19-9-12)18(23)21-7-6-16-14(10-21)13-4-2-3-5-15(13)20-16/h2-5,8-9,19-20H,6-7,10H2,1H3. The van der Waals surface area contributed by atoms with E-state index in [1.54, 1.807) is 12.3 Å². The third-order valence-corrected chi connectivity index (χ3v) is 4.49. The van der Waals surface area contributed by atoms with Gasteiger partial charge in [0.2, 0.25) is 0 Å². The third kappa shape index (κ3) is 2.25. The van der Waals surface area contributed by atoms with Crippen LogP contribution >= 0.6 is 0 Å². The summed E-state index contributed by atoms with van der Waals surface area (Å²) in [7, 11) is 0. The summed E-state index contributed by atoms with van der Waals surface area (Å²) in [6, 6.07) is 9.80. The van der Waals surface area contributed by atoms with E-state index in [1.807, 2.05) is 17.0 Å². The van der Waals surface area contributed by atoms with Crippen molar-refractivity contribution in [1.82, 2.24) is 14.9 Å². The number of para-hydroxylation sites is 1. The summed E-state index contributed by atoms with van der Waals surface area (Å²) in [6.45, 7) is 2.76. The molecule has 0 bridgehead atoms. The fourth-order valence-corrected chi connectivity index (χ4v) is 3.23. The summed E-state index contributed by atoms with van der Waals surface area (Å²) in [5.74, 6) is -0.105. The van der Waals surface area contributed by atoms with Gasteiger partial charge in [-0.05, 0) is 19.1 Å². The van der Waals surface area contributed by atoms with Gasteiger partial charge in [-0.1, -0.05) is 18.2 Å². The van der Waals surface area contributed by atoms with E-state index in [-0.39, 0.29) is 11.7 Å². The Morgan fingerprint density at radius 3 is 2.83 bits per heavy atom. The number of rotatable bonds is 2. The molecule has 0 atom stereocenters. The first-order chi connectivity index (χ1) is 11.1. The molecule has 0 radical (unpaired) electrons. The molecule has 5 heteroatoms. The molecule has 0 saturated heterocycles. The average Bonchev–Trinajstić information content (AvgIpc) is 3.18. The lowest BCUT2D eigenvalue weighted by Crippen LogP contribution is -2.36. The maximum atomic E-state index is 12.7. The van der Waals surface area contributed by atoms with Gasteiger partial charge in [-0.25, -0.2) is 0 Å². The SMILES string of the molecule is CC(=O)c1c[nH]c(C(=O)N2CCc3[nH]c4ccccc4c3C2)c1. The van der Waals surface area contributed by atoms with E-state index in [2.05, 4.69) is 22.1 Å². The van der Waals surface area contributed by atoms with Crippen LogP contribution in [0.4, 0.5) is 0 Å². The average molecular weight is 307 g/mol. The van der Waals surface area contributed by atoms with Crippen LogP contribution in [0.3, 0.4) is 0 Å². The molecular weight excluding hydrogens is 290 g/mol. The fraction of sp³-hybridized carbons (Fsp3) is 0.222. The number of Topliss-reactive ketones (excluding diaryl/α,β-unsaturated/α-hetero) is 1. The molecular formula is C18H17N3O2. The van der Waals surface area contributed by atoms with Gasteiger partial charge in [-0.2, -0.15) is 0 Å². The molecule has 3 heterocycles. The van der Waals surface area contributed by atoms with E-state index >= 15 is 0 Å². The lowest BCUT2D eigenvalue weighted by atomic mass is 10.0. The number of benzene rings is 1. The molecule has 1 amide bonds. The normalized spacial score (nSPS) is 14.0. The Balaban J connectivity index is 1.64. The van der Waals surface area contributed by atoms with Gasteiger partial charge in [0, 0.05) is 53.4 Å². The Morgan fingerprint density at radius 2 is 2.04 bits per heavy atom. The minimum atomic E-state index is -0.0616. The number of aromatic nitrogens is 2.